The molecule has 0 aromatic rings. The minimum absolute atomic E-state index is 0.962. The largest absolute Gasteiger partial charge is 0.320 e. The number of hydrogen-bond acceptors (Lipinski definition) is 2. The summed E-state index contributed by atoms with van der Waals surface area (Å²) in [7, 11) is 2.04. The van der Waals surface area contributed by atoms with Crippen molar-refractivity contribution in [1.82, 2.24) is 10.2 Å². The molecule has 2 heteroatoms. The van der Waals surface area contributed by atoms with Crippen LogP contribution in [-0.2, 0) is 0 Å². The van der Waals surface area contributed by atoms with Gasteiger partial charge < -0.3 is 10.2 Å². The first-order valence-electron chi connectivity index (χ1n) is 7.27. The first-order valence-corrected chi connectivity index (χ1v) is 7.27. The summed E-state index contributed by atoms with van der Waals surface area (Å²) in [6.45, 7) is 6.17. The van der Waals surface area contributed by atoms with Crippen LogP contribution in [0.5, 0.6) is 0 Å². The van der Waals surface area contributed by atoms with E-state index in [0.717, 1.165) is 6.04 Å². The Hall–Kier alpha value is -0.0800. The molecule has 0 atom stereocenters. The van der Waals surface area contributed by atoms with Gasteiger partial charge in [-0.15, -0.1) is 0 Å². The van der Waals surface area contributed by atoms with E-state index in [9.17, 15) is 0 Å². The third kappa shape index (κ3) is 6.49. The number of unbranched alkanes of at least 4 members (excludes halogenated alkanes) is 4. The van der Waals surface area contributed by atoms with Crippen molar-refractivity contribution >= 4 is 0 Å². The number of nitrogens with zero attached hydrogens (tertiary/aromatic N) is 1. The average Bonchev–Trinajstić information content (AvgIpc) is 3.11. The molecule has 1 aliphatic carbocycles. The average molecular weight is 226 g/mol. The van der Waals surface area contributed by atoms with Crippen LogP contribution in [0.15, 0.2) is 0 Å². The predicted octanol–water partition coefficient (Wildman–Crippen LogP) is 3.03. The summed E-state index contributed by atoms with van der Waals surface area (Å²) in [6, 6.07) is 0.962. The van der Waals surface area contributed by atoms with Crippen LogP contribution in [0.1, 0.15) is 58.3 Å². The minimum Gasteiger partial charge on any atom is -0.320 e. The van der Waals surface area contributed by atoms with Gasteiger partial charge in [0.2, 0.25) is 0 Å². The van der Waals surface area contributed by atoms with Gasteiger partial charge in [0, 0.05) is 6.04 Å². The SMILES string of the molecule is CCCCN(CCCCCCNC)C1CC1. The number of rotatable bonds is 11. The maximum absolute atomic E-state index is 3.21. The van der Waals surface area contributed by atoms with E-state index in [-0.39, 0.29) is 0 Å². The fourth-order valence-corrected chi connectivity index (χ4v) is 2.25. The van der Waals surface area contributed by atoms with Crippen LogP contribution in [0, 0.1) is 0 Å². The second kappa shape index (κ2) is 9.00. The van der Waals surface area contributed by atoms with Gasteiger partial charge in [0.25, 0.3) is 0 Å². The molecule has 0 aliphatic heterocycles. The lowest BCUT2D eigenvalue weighted by Crippen LogP contribution is -2.28. The summed E-state index contributed by atoms with van der Waals surface area (Å²) in [6.07, 6.45) is 11.2. The van der Waals surface area contributed by atoms with Crippen LogP contribution < -0.4 is 5.32 Å². The molecule has 1 saturated carbocycles. The molecule has 96 valence electrons. The van der Waals surface area contributed by atoms with E-state index in [1.165, 1.54) is 71.0 Å². The fourth-order valence-electron chi connectivity index (χ4n) is 2.25. The quantitative estimate of drug-likeness (QED) is 0.545. The summed E-state index contributed by atoms with van der Waals surface area (Å²) in [4.78, 5) is 2.74. The highest BCUT2D eigenvalue weighted by atomic mass is 15.2. The Kier molecular flexibility index (Phi) is 7.87. The molecule has 0 unspecified atom stereocenters. The van der Waals surface area contributed by atoms with Gasteiger partial charge in [0.15, 0.2) is 0 Å². The highest BCUT2D eigenvalue weighted by Gasteiger charge is 2.27. The van der Waals surface area contributed by atoms with Gasteiger partial charge in [-0.05, 0) is 58.8 Å². The summed E-state index contributed by atoms with van der Waals surface area (Å²) in [5.41, 5.74) is 0. The van der Waals surface area contributed by atoms with Crippen LogP contribution in [0.3, 0.4) is 0 Å². The van der Waals surface area contributed by atoms with E-state index in [2.05, 4.69) is 17.1 Å². The zero-order chi connectivity index (χ0) is 11.6. The van der Waals surface area contributed by atoms with E-state index in [0.29, 0.717) is 0 Å². The van der Waals surface area contributed by atoms with E-state index in [4.69, 9.17) is 0 Å². The summed E-state index contributed by atoms with van der Waals surface area (Å²) in [5.74, 6) is 0. The molecule has 0 heterocycles. The van der Waals surface area contributed by atoms with Crippen LogP contribution in [0.25, 0.3) is 0 Å². The van der Waals surface area contributed by atoms with Gasteiger partial charge in [0.05, 0.1) is 0 Å². The normalized spacial score (nSPS) is 15.9. The molecule has 1 fully saturated rings. The summed E-state index contributed by atoms with van der Waals surface area (Å²) < 4.78 is 0. The van der Waals surface area contributed by atoms with E-state index in [1.807, 2.05) is 7.05 Å². The van der Waals surface area contributed by atoms with Gasteiger partial charge in [-0.3, -0.25) is 0 Å². The highest BCUT2D eigenvalue weighted by molar-refractivity contribution is 4.84. The lowest BCUT2D eigenvalue weighted by Gasteiger charge is -2.21. The van der Waals surface area contributed by atoms with Gasteiger partial charge in [-0.25, -0.2) is 0 Å². The smallest absolute Gasteiger partial charge is 0.00964 e. The second-order valence-corrected chi connectivity index (χ2v) is 5.14. The Morgan fingerprint density at radius 3 is 2.31 bits per heavy atom. The van der Waals surface area contributed by atoms with E-state index < -0.39 is 0 Å². The third-order valence-corrected chi connectivity index (χ3v) is 3.48. The Morgan fingerprint density at radius 2 is 1.69 bits per heavy atom. The molecular formula is C14H30N2. The van der Waals surface area contributed by atoms with Crippen molar-refractivity contribution in [3.63, 3.8) is 0 Å². The maximum Gasteiger partial charge on any atom is 0.00964 e. The predicted molar refractivity (Wildman–Crippen MR) is 71.9 cm³/mol. The Morgan fingerprint density at radius 1 is 1.00 bits per heavy atom. The number of nitrogens with one attached hydrogen (secondary N) is 1. The van der Waals surface area contributed by atoms with Crippen molar-refractivity contribution in [2.45, 2.75) is 64.3 Å². The molecule has 1 aliphatic rings. The van der Waals surface area contributed by atoms with Gasteiger partial charge in [-0.2, -0.15) is 0 Å². The summed E-state index contributed by atoms with van der Waals surface area (Å²) >= 11 is 0. The minimum atomic E-state index is 0.962. The molecular weight excluding hydrogens is 196 g/mol. The molecule has 0 aromatic carbocycles. The molecule has 0 radical (unpaired) electrons. The third-order valence-electron chi connectivity index (χ3n) is 3.48. The Balaban J connectivity index is 1.95. The molecule has 1 N–H and O–H groups in total. The lowest BCUT2D eigenvalue weighted by atomic mass is 10.2. The van der Waals surface area contributed by atoms with E-state index >= 15 is 0 Å². The Labute approximate surface area is 102 Å². The van der Waals surface area contributed by atoms with Crippen LogP contribution in [0.4, 0.5) is 0 Å². The first kappa shape index (κ1) is 14.0. The highest BCUT2D eigenvalue weighted by Crippen LogP contribution is 2.27. The van der Waals surface area contributed by atoms with Crippen molar-refractivity contribution in [1.29, 1.82) is 0 Å². The zero-order valence-electron chi connectivity index (χ0n) is 11.3. The van der Waals surface area contributed by atoms with E-state index in [1.54, 1.807) is 0 Å². The molecule has 0 saturated heterocycles. The molecule has 0 spiro atoms. The fraction of sp³-hybridized carbons (Fsp3) is 1.00. The van der Waals surface area contributed by atoms with Gasteiger partial charge in [0.1, 0.15) is 0 Å². The van der Waals surface area contributed by atoms with Crippen LogP contribution in [0.2, 0.25) is 0 Å². The molecule has 16 heavy (non-hydrogen) atoms. The molecule has 0 bridgehead atoms. The lowest BCUT2D eigenvalue weighted by molar-refractivity contribution is 0.253. The molecule has 0 amide bonds. The van der Waals surface area contributed by atoms with Crippen molar-refractivity contribution in [3.8, 4) is 0 Å². The summed E-state index contributed by atoms with van der Waals surface area (Å²) in [5, 5.41) is 3.21. The van der Waals surface area contributed by atoms with Crippen molar-refractivity contribution < 1.29 is 0 Å². The number of hydrogen-bond donors (Lipinski definition) is 1. The van der Waals surface area contributed by atoms with Crippen molar-refractivity contribution in [2.75, 3.05) is 26.7 Å². The molecule has 2 nitrogen and oxygen atoms in total. The molecule has 1 rings (SSSR count). The van der Waals surface area contributed by atoms with Crippen LogP contribution in [-0.4, -0.2) is 37.6 Å². The van der Waals surface area contributed by atoms with Gasteiger partial charge >= 0.3 is 0 Å². The first-order chi connectivity index (χ1) is 7.88. The monoisotopic (exact) mass is 226 g/mol. The topological polar surface area (TPSA) is 15.3 Å². The standard InChI is InChI=1S/C14H30N2/c1-3-4-12-16(14-9-10-14)13-8-6-5-7-11-15-2/h14-15H,3-13H2,1-2H3. The molecule has 0 aromatic heterocycles. The Bertz CT molecular complexity index is 155. The van der Waals surface area contributed by atoms with Gasteiger partial charge in [-0.1, -0.05) is 26.2 Å². The van der Waals surface area contributed by atoms with Crippen molar-refractivity contribution in [3.05, 3.63) is 0 Å². The maximum atomic E-state index is 3.21. The van der Waals surface area contributed by atoms with Crippen molar-refractivity contribution in [2.24, 2.45) is 0 Å². The second-order valence-electron chi connectivity index (χ2n) is 5.14. The zero-order valence-corrected chi connectivity index (χ0v) is 11.3. The van der Waals surface area contributed by atoms with Crippen LogP contribution >= 0.6 is 0 Å².